The largest absolute Gasteiger partial charge is 0.310 e. The van der Waals surface area contributed by atoms with Gasteiger partial charge in [-0.05, 0) is 18.2 Å². The first-order chi connectivity index (χ1) is 8.09. The van der Waals surface area contributed by atoms with Crippen molar-refractivity contribution in [1.82, 2.24) is 4.98 Å². The lowest BCUT2D eigenvalue weighted by Gasteiger charge is -2.16. The van der Waals surface area contributed by atoms with E-state index in [1.165, 1.54) is 16.2 Å². The SMILES string of the molecule is CN(C(=O)c1cc(Cl)sc1Cl)c1cccnc1. The molecule has 0 spiro atoms. The molecule has 0 aliphatic heterocycles. The molecule has 0 aliphatic rings. The number of halogens is 2. The molecule has 0 unspecified atom stereocenters. The highest BCUT2D eigenvalue weighted by atomic mass is 35.5. The van der Waals surface area contributed by atoms with Crippen LogP contribution in [0, 0.1) is 0 Å². The second-order valence-corrected chi connectivity index (χ2v) is 5.60. The second kappa shape index (κ2) is 5.04. The predicted molar refractivity (Wildman–Crippen MR) is 71.3 cm³/mol. The van der Waals surface area contributed by atoms with E-state index in [9.17, 15) is 4.79 Å². The van der Waals surface area contributed by atoms with Gasteiger partial charge in [-0.15, -0.1) is 11.3 Å². The fourth-order valence-corrected chi connectivity index (χ4v) is 2.78. The van der Waals surface area contributed by atoms with E-state index < -0.39 is 0 Å². The fraction of sp³-hybridized carbons (Fsp3) is 0.0909. The van der Waals surface area contributed by atoms with Gasteiger partial charge in [-0.2, -0.15) is 0 Å². The van der Waals surface area contributed by atoms with E-state index in [0.717, 1.165) is 0 Å². The second-order valence-electron chi connectivity index (χ2n) is 3.31. The third-order valence-corrected chi connectivity index (χ3v) is 3.71. The van der Waals surface area contributed by atoms with Crippen LogP contribution in [-0.4, -0.2) is 17.9 Å². The summed E-state index contributed by atoms with van der Waals surface area (Å²) in [6.45, 7) is 0. The van der Waals surface area contributed by atoms with E-state index in [1.807, 2.05) is 0 Å². The summed E-state index contributed by atoms with van der Waals surface area (Å²) in [4.78, 5) is 17.6. The van der Waals surface area contributed by atoms with Gasteiger partial charge in [0.2, 0.25) is 0 Å². The Kier molecular flexibility index (Phi) is 3.66. The average Bonchev–Trinajstić information content (AvgIpc) is 2.68. The molecule has 88 valence electrons. The first-order valence-electron chi connectivity index (χ1n) is 4.72. The standard InChI is InChI=1S/C11H8Cl2N2OS/c1-15(7-3-2-4-14-6-7)11(16)8-5-9(12)17-10(8)13/h2-6H,1H3. The molecule has 3 nitrogen and oxygen atoms in total. The first kappa shape index (κ1) is 12.4. The third kappa shape index (κ3) is 2.60. The van der Waals surface area contributed by atoms with Crippen LogP contribution >= 0.6 is 34.5 Å². The van der Waals surface area contributed by atoms with E-state index in [0.29, 0.717) is 19.9 Å². The van der Waals surface area contributed by atoms with Crippen LogP contribution in [0.4, 0.5) is 5.69 Å². The van der Waals surface area contributed by atoms with Crippen molar-refractivity contribution in [3.8, 4) is 0 Å². The van der Waals surface area contributed by atoms with Crippen molar-refractivity contribution >= 4 is 46.1 Å². The van der Waals surface area contributed by atoms with Gasteiger partial charge in [0, 0.05) is 13.2 Å². The Hall–Kier alpha value is -1.10. The van der Waals surface area contributed by atoms with Crippen LogP contribution in [0.15, 0.2) is 30.6 Å². The maximum Gasteiger partial charge on any atom is 0.260 e. The zero-order chi connectivity index (χ0) is 12.4. The van der Waals surface area contributed by atoms with Crippen molar-refractivity contribution in [2.45, 2.75) is 0 Å². The highest BCUT2D eigenvalue weighted by Gasteiger charge is 2.19. The van der Waals surface area contributed by atoms with Gasteiger partial charge in [-0.1, -0.05) is 23.2 Å². The number of hydrogen-bond donors (Lipinski definition) is 0. The van der Waals surface area contributed by atoms with Gasteiger partial charge in [0.1, 0.15) is 4.34 Å². The van der Waals surface area contributed by atoms with Gasteiger partial charge < -0.3 is 4.90 Å². The number of pyridine rings is 1. The van der Waals surface area contributed by atoms with Crippen molar-refractivity contribution in [1.29, 1.82) is 0 Å². The molecule has 2 heterocycles. The number of hydrogen-bond acceptors (Lipinski definition) is 3. The summed E-state index contributed by atoms with van der Waals surface area (Å²) in [6, 6.07) is 5.14. The van der Waals surface area contributed by atoms with E-state index in [1.54, 1.807) is 37.6 Å². The van der Waals surface area contributed by atoms with Crippen LogP contribution in [0.5, 0.6) is 0 Å². The van der Waals surface area contributed by atoms with Crippen LogP contribution in [0.25, 0.3) is 0 Å². The van der Waals surface area contributed by atoms with Crippen molar-refractivity contribution < 1.29 is 4.79 Å². The molecule has 0 N–H and O–H groups in total. The molecule has 0 aliphatic carbocycles. The molecule has 2 rings (SSSR count). The molecule has 0 saturated heterocycles. The number of anilines is 1. The van der Waals surface area contributed by atoms with E-state index >= 15 is 0 Å². The van der Waals surface area contributed by atoms with Crippen LogP contribution < -0.4 is 4.90 Å². The number of carbonyl (C=O) groups excluding carboxylic acids is 1. The summed E-state index contributed by atoms with van der Waals surface area (Å²) < 4.78 is 0.897. The molecule has 17 heavy (non-hydrogen) atoms. The van der Waals surface area contributed by atoms with Crippen LogP contribution in [0.1, 0.15) is 10.4 Å². The average molecular weight is 287 g/mol. The molecule has 6 heteroatoms. The van der Waals surface area contributed by atoms with Gasteiger partial charge in [-0.3, -0.25) is 9.78 Å². The first-order valence-corrected chi connectivity index (χ1v) is 6.29. The molecule has 0 fully saturated rings. The van der Waals surface area contributed by atoms with Gasteiger partial charge in [-0.25, -0.2) is 0 Å². The van der Waals surface area contributed by atoms with E-state index in [4.69, 9.17) is 23.2 Å². The minimum Gasteiger partial charge on any atom is -0.310 e. The summed E-state index contributed by atoms with van der Waals surface area (Å²) >= 11 is 12.9. The normalized spacial score (nSPS) is 10.3. The van der Waals surface area contributed by atoms with Crippen LogP contribution in [0.3, 0.4) is 0 Å². The Morgan fingerprint density at radius 2 is 2.24 bits per heavy atom. The quantitative estimate of drug-likeness (QED) is 0.843. The van der Waals surface area contributed by atoms with Gasteiger partial charge >= 0.3 is 0 Å². The zero-order valence-electron chi connectivity index (χ0n) is 8.85. The fourth-order valence-electron chi connectivity index (χ4n) is 1.34. The number of rotatable bonds is 2. The molecule has 2 aromatic heterocycles. The Bertz CT molecular complexity index is 542. The summed E-state index contributed by atoms with van der Waals surface area (Å²) in [7, 11) is 1.67. The van der Waals surface area contributed by atoms with Crippen molar-refractivity contribution in [2.75, 3.05) is 11.9 Å². The van der Waals surface area contributed by atoms with Crippen molar-refractivity contribution in [3.05, 3.63) is 44.8 Å². The van der Waals surface area contributed by atoms with Crippen LogP contribution in [0.2, 0.25) is 8.67 Å². The topological polar surface area (TPSA) is 33.2 Å². The zero-order valence-corrected chi connectivity index (χ0v) is 11.2. The smallest absolute Gasteiger partial charge is 0.260 e. The number of amides is 1. The van der Waals surface area contributed by atoms with Crippen molar-refractivity contribution in [3.63, 3.8) is 0 Å². The lowest BCUT2D eigenvalue weighted by molar-refractivity contribution is 0.0993. The molecule has 0 bridgehead atoms. The molecule has 0 saturated carbocycles. The Balaban J connectivity index is 2.30. The number of carbonyl (C=O) groups is 1. The van der Waals surface area contributed by atoms with Crippen LogP contribution in [-0.2, 0) is 0 Å². The summed E-state index contributed by atoms with van der Waals surface area (Å²) in [5.74, 6) is -0.203. The van der Waals surface area contributed by atoms with Gasteiger partial charge in [0.05, 0.1) is 21.8 Å². The molecule has 0 aromatic carbocycles. The Morgan fingerprint density at radius 1 is 1.47 bits per heavy atom. The minimum atomic E-state index is -0.203. The van der Waals surface area contributed by atoms with E-state index in [-0.39, 0.29) is 5.91 Å². The number of nitrogens with zero attached hydrogens (tertiary/aromatic N) is 2. The lowest BCUT2D eigenvalue weighted by Crippen LogP contribution is -2.26. The monoisotopic (exact) mass is 286 g/mol. The maximum absolute atomic E-state index is 12.1. The highest BCUT2D eigenvalue weighted by Crippen LogP contribution is 2.32. The lowest BCUT2D eigenvalue weighted by atomic mass is 10.3. The molecule has 2 aromatic rings. The maximum atomic E-state index is 12.1. The molecular weight excluding hydrogens is 279 g/mol. The van der Waals surface area contributed by atoms with Crippen molar-refractivity contribution in [2.24, 2.45) is 0 Å². The highest BCUT2D eigenvalue weighted by molar-refractivity contribution is 7.20. The number of thiophene rings is 1. The third-order valence-electron chi connectivity index (χ3n) is 2.22. The molecule has 0 atom stereocenters. The van der Waals surface area contributed by atoms with E-state index in [2.05, 4.69) is 4.98 Å². The summed E-state index contributed by atoms with van der Waals surface area (Å²) in [6.07, 6.45) is 3.26. The predicted octanol–water partition coefficient (Wildman–Crippen LogP) is 3.73. The number of aromatic nitrogens is 1. The minimum absolute atomic E-state index is 0.203. The summed E-state index contributed by atoms with van der Waals surface area (Å²) in [5, 5.41) is 0. The molecular formula is C11H8Cl2N2OS. The van der Waals surface area contributed by atoms with Gasteiger partial charge in [0.25, 0.3) is 5.91 Å². The molecule has 1 amide bonds. The summed E-state index contributed by atoms with van der Waals surface area (Å²) in [5.41, 5.74) is 1.11. The Labute approximate surface area is 113 Å². The Morgan fingerprint density at radius 3 is 2.76 bits per heavy atom. The molecule has 0 radical (unpaired) electrons. The van der Waals surface area contributed by atoms with Gasteiger partial charge in [0.15, 0.2) is 0 Å².